The van der Waals surface area contributed by atoms with Crippen molar-refractivity contribution < 1.29 is 14.1 Å². The Morgan fingerprint density at radius 1 is 1.35 bits per heavy atom. The van der Waals surface area contributed by atoms with Gasteiger partial charge >= 0.3 is 6.09 Å². The van der Waals surface area contributed by atoms with Gasteiger partial charge in [0.1, 0.15) is 14.5 Å². The van der Waals surface area contributed by atoms with Crippen molar-refractivity contribution in [2.24, 2.45) is 5.92 Å². The molecule has 0 aliphatic carbocycles. The Morgan fingerprint density at radius 3 is 2.41 bits per heavy atom. The Labute approximate surface area is 106 Å². The topological polar surface area (TPSA) is 47.6 Å². The van der Waals surface area contributed by atoms with E-state index >= 15 is 0 Å². The van der Waals surface area contributed by atoms with E-state index in [1.54, 1.807) is 0 Å². The minimum Gasteiger partial charge on any atom is -0.427 e. The molecule has 0 aromatic carbocycles. The van der Waals surface area contributed by atoms with Crippen LogP contribution in [-0.4, -0.2) is 31.3 Å². The molecule has 1 N–H and O–H groups in total. The molecule has 1 unspecified atom stereocenters. The Kier molecular flexibility index (Phi) is 7.73. The first-order chi connectivity index (χ1) is 7.70. The number of nitrogens with one attached hydrogen (secondary N) is 1. The smallest absolute Gasteiger partial charge is 0.409 e. The maximum absolute atomic E-state index is 11.4. The van der Waals surface area contributed by atoms with E-state index in [1.807, 2.05) is 27.4 Å². The molecular weight excluding hydrogens is 237 g/mol. The van der Waals surface area contributed by atoms with E-state index in [0.717, 1.165) is 6.42 Å². The van der Waals surface area contributed by atoms with Crippen LogP contribution in [0.4, 0.5) is 4.79 Å². The number of amides is 1. The highest BCUT2D eigenvalue weighted by atomic mass is 31.1. The van der Waals surface area contributed by atoms with Gasteiger partial charge in [-0.2, -0.15) is 0 Å². The minimum absolute atomic E-state index is 0.186. The highest BCUT2D eigenvalue weighted by Gasteiger charge is 2.15. The van der Waals surface area contributed by atoms with Gasteiger partial charge in [-0.05, 0) is 39.8 Å². The monoisotopic (exact) mass is 263 g/mol. The number of hydrogen-bond donors (Lipinski definition) is 1. The third-order valence-corrected chi connectivity index (χ3v) is 2.88. The lowest BCUT2D eigenvalue weighted by Gasteiger charge is -2.22. The molecule has 0 bridgehead atoms. The molecule has 5 heteroatoms. The first-order valence-electron chi connectivity index (χ1n) is 6.01. The summed E-state index contributed by atoms with van der Waals surface area (Å²) >= 11 is 0. The second-order valence-corrected chi connectivity index (χ2v) is 7.20. The van der Waals surface area contributed by atoms with Crippen LogP contribution in [0.15, 0.2) is 0 Å². The van der Waals surface area contributed by atoms with Crippen LogP contribution in [0.3, 0.4) is 0 Å². The molecule has 1 atom stereocenters. The Bertz CT molecular complexity index is 226. The van der Waals surface area contributed by atoms with Gasteiger partial charge in [0.25, 0.3) is 0 Å². The molecule has 0 aliphatic rings. The highest BCUT2D eigenvalue weighted by molar-refractivity contribution is 7.52. The van der Waals surface area contributed by atoms with Crippen LogP contribution in [0, 0.1) is 5.92 Å². The summed E-state index contributed by atoms with van der Waals surface area (Å²) in [5.74, 6) is 0.586. The zero-order valence-corrected chi connectivity index (χ0v) is 12.8. The molecule has 0 aromatic rings. The second-order valence-electron chi connectivity index (χ2n) is 5.50. The summed E-state index contributed by atoms with van der Waals surface area (Å²) in [7, 11) is -0.850. The number of rotatable bonds is 6. The molecule has 0 aromatic heterocycles. The van der Waals surface area contributed by atoms with Crippen LogP contribution < -0.4 is 5.32 Å². The fraction of sp³-hybridized carbons (Fsp3) is 0.917. The van der Waals surface area contributed by atoms with Crippen molar-refractivity contribution in [1.29, 1.82) is 0 Å². The SMILES string of the molecule is CC(C)CCNC(=O)OP(C)COC(C)(C)C. The first kappa shape index (κ1) is 16.7. The predicted molar refractivity (Wildman–Crippen MR) is 72.5 cm³/mol. The molecule has 17 heavy (non-hydrogen) atoms. The van der Waals surface area contributed by atoms with Gasteiger partial charge in [-0.25, -0.2) is 4.79 Å². The molecule has 4 nitrogen and oxygen atoms in total. The normalized spacial score (nSPS) is 13.6. The highest BCUT2D eigenvalue weighted by Crippen LogP contribution is 2.33. The number of carbonyl (C=O) groups excluding carboxylic acids is 1. The summed E-state index contributed by atoms with van der Waals surface area (Å²) in [6, 6.07) is 0. The van der Waals surface area contributed by atoms with Gasteiger partial charge in [0.15, 0.2) is 0 Å². The van der Waals surface area contributed by atoms with E-state index in [0.29, 0.717) is 18.8 Å². The van der Waals surface area contributed by atoms with Crippen LogP contribution in [0.5, 0.6) is 0 Å². The third kappa shape index (κ3) is 11.9. The minimum atomic E-state index is -0.850. The van der Waals surface area contributed by atoms with E-state index in [4.69, 9.17) is 9.26 Å². The van der Waals surface area contributed by atoms with E-state index in [-0.39, 0.29) is 11.7 Å². The summed E-state index contributed by atoms with van der Waals surface area (Å²) in [4.78, 5) is 11.4. The number of ether oxygens (including phenoxy) is 1. The van der Waals surface area contributed by atoms with Crippen molar-refractivity contribution in [3.05, 3.63) is 0 Å². The van der Waals surface area contributed by atoms with Gasteiger partial charge in [0, 0.05) is 6.54 Å². The molecule has 0 saturated heterocycles. The van der Waals surface area contributed by atoms with E-state index < -0.39 is 8.15 Å². The van der Waals surface area contributed by atoms with E-state index in [2.05, 4.69) is 19.2 Å². The molecule has 0 aliphatic heterocycles. The molecule has 0 heterocycles. The molecule has 102 valence electrons. The molecule has 0 spiro atoms. The average molecular weight is 263 g/mol. The van der Waals surface area contributed by atoms with Crippen molar-refractivity contribution in [3.8, 4) is 0 Å². The fourth-order valence-corrected chi connectivity index (χ4v) is 1.92. The number of carbonyl (C=O) groups is 1. The summed E-state index contributed by atoms with van der Waals surface area (Å²) in [6.07, 6.45) is 1.11. The van der Waals surface area contributed by atoms with Crippen LogP contribution in [0.2, 0.25) is 0 Å². The maximum Gasteiger partial charge on any atom is 0.409 e. The molecule has 0 saturated carbocycles. The summed E-state index contributed by atoms with van der Waals surface area (Å²) < 4.78 is 10.8. The largest absolute Gasteiger partial charge is 0.427 e. The first-order valence-corrected chi connectivity index (χ1v) is 7.91. The van der Waals surface area contributed by atoms with Crippen molar-refractivity contribution in [2.75, 3.05) is 19.6 Å². The summed E-state index contributed by atoms with van der Waals surface area (Å²) in [6.45, 7) is 12.8. The molecule has 0 fully saturated rings. The summed E-state index contributed by atoms with van der Waals surface area (Å²) in [5.41, 5.74) is -0.186. The van der Waals surface area contributed by atoms with Gasteiger partial charge < -0.3 is 14.6 Å². The lowest BCUT2D eigenvalue weighted by molar-refractivity contribution is 0.0242. The second kappa shape index (κ2) is 7.88. The maximum atomic E-state index is 11.4. The van der Waals surface area contributed by atoms with Crippen molar-refractivity contribution in [1.82, 2.24) is 5.32 Å². The Hall–Kier alpha value is -0.340. The van der Waals surface area contributed by atoms with Gasteiger partial charge in [-0.15, -0.1) is 0 Å². The average Bonchev–Trinajstić information content (AvgIpc) is 2.13. The van der Waals surface area contributed by atoms with Crippen molar-refractivity contribution in [3.63, 3.8) is 0 Å². The predicted octanol–water partition coefficient (Wildman–Crippen LogP) is 3.56. The Balaban J connectivity index is 3.66. The fourth-order valence-electron chi connectivity index (χ4n) is 0.948. The third-order valence-electron chi connectivity index (χ3n) is 1.91. The Morgan fingerprint density at radius 2 is 1.94 bits per heavy atom. The van der Waals surface area contributed by atoms with E-state index in [9.17, 15) is 4.79 Å². The van der Waals surface area contributed by atoms with Gasteiger partial charge in [-0.3, -0.25) is 0 Å². The zero-order valence-electron chi connectivity index (χ0n) is 11.9. The molecule has 0 radical (unpaired) electrons. The zero-order chi connectivity index (χ0) is 13.5. The van der Waals surface area contributed by atoms with Crippen LogP contribution >= 0.6 is 8.15 Å². The molecule has 1 amide bonds. The van der Waals surface area contributed by atoms with Crippen molar-refractivity contribution in [2.45, 2.75) is 46.6 Å². The van der Waals surface area contributed by atoms with Gasteiger partial charge in [-0.1, -0.05) is 13.8 Å². The quantitative estimate of drug-likeness (QED) is 0.745. The molecular formula is C12H26NO3P. The van der Waals surface area contributed by atoms with Gasteiger partial charge in [0.2, 0.25) is 0 Å². The van der Waals surface area contributed by atoms with Gasteiger partial charge in [0.05, 0.1) is 5.60 Å². The lowest BCUT2D eigenvalue weighted by Crippen LogP contribution is -2.26. The van der Waals surface area contributed by atoms with Crippen LogP contribution in [0.1, 0.15) is 41.0 Å². The lowest BCUT2D eigenvalue weighted by atomic mass is 10.1. The van der Waals surface area contributed by atoms with Crippen LogP contribution in [-0.2, 0) is 9.26 Å². The van der Waals surface area contributed by atoms with Crippen molar-refractivity contribution >= 4 is 14.2 Å². The molecule has 0 rings (SSSR count). The summed E-state index contributed by atoms with van der Waals surface area (Å²) in [5, 5.41) is 2.74. The van der Waals surface area contributed by atoms with E-state index in [1.165, 1.54) is 0 Å². The van der Waals surface area contributed by atoms with Crippen LogP contribution in [0.25, 0.3) is 0 Å². The number of hydrogen-bond acceptors (Lipinski definition) is 3. The standard InChI is InChI=1S/C12H26NO3P/c1-10(2)7-8-13-11(14)16-17(6)9-15-12(3,4)5/h10H,7-9H2,1-6H3,(H,13,14).